The molecular formula is C15H18N3O5PS. The molecule has 3 rings (SSSR count). The molecule has 2 fully saturated rings. The van der Waals surface area contributed by atoms with Crippen molar-refractivity contribution in [3.05, 3.63) is 29.6 Å². The van der Waals surface area contributed by atoms with Gasteiger partial charge in [0.05, 0.1) is 23.2 Å². The van der Waals surface area contributed by atoms with Crippen LogP contribution < -0.4 is 5.73 Å². The van der Waals surface area contributed by atoms with E-state index >= 15 is 0 Å². The van der Waals surface area contributed by atoms with Gasteiger partial charge >= 0.3 is 5.97 Å². The topological polar surface area (TPSA) is 120 Å². The summed E-state index contributed by atoms with van der Waals surface area (Å²) < 4.78 is 29.3. The Balaban J connectivity index is 2.04. The fraction of sp³-hybridized carbons (Fsp3) is 0.400. The number of esters is 1. The van der Waals surface area contributed by atoms with Crippen molar-refractivity contribution in [1.82, 2.24) is 9.88 Å². The van der Waals surface area contributed by atoms with Crippen LogP contribution in [-0.2, 0) is 24.2 Å². The number of carbonyl (C=O) groups is 2. The number of hydrogen-bond donors (Lipinski definition) is 1. The molecule has 0 spiro atoms. The number of fused-ring (bicyclic) bond motifs is 1. The first-order valence-electron chi connectivity index (χ1n) is 7.49. The molecule has 1 aromatic rings. The molecule has 2 aliphatic heterocycles. The molecular weight excluding hydrogens is 365 g/mol. The Morgan fingerprint density at radius 2 is 2.16 bits per heavy atom. The van der Waals surface area contributed by atoms with Crippen LogP contribution in [0.25, 0.3) is 6.08 Å². The summed E-state index contributed by atoms with van der Waals surface area (Å²) in [6.45, 7) is 2.86. The van der Waals surface area contributed by atoms with E-state index in [4.69, 9.17) is 10.5 Å². The quantitative estimate of drug-likeness (QED) is 0.342. The van der Waals surface area contributed by atoms with Gasteiger partial charge in [0, 0.05) is 0 Å². The first-order valence-corrected chi connectivity index (χ1v) is 9.85. The van der Waals surface area contributed by atoms with Crippen LogP contribution in [0.15, 0.2) is 23.9 Å². The smallest absolute Gasteiger partial charge is 0.330 e. The Morgan fingerprint density at radius 3 is 2.72 bits per heavy atom. The van der Waals surface area contributed by atoms with Crippen molar-refractivity contribution in [2.24, 2.45) is 0 Å². The number of nitrogen functional groups attached to an aromatic ring is 1. The van der Waals surface area contributed by atoms with Gasteiger partial charge in [-0.1, -0.05) is 9.24 Å². The van der Waals surface area contributed by atoms with E-state index in [1.165, 1.54) is 26.1 Å². The molecule has 10 heteroatoms. The number of carbonyl (C=O) groups excluding carboxylic acids is 2. The lowest BCUT2D eigenvalue weighted by Gasteiger charge is -2.38. The molecule has 3 atom stereocenters. The van der Waals surface area contributed by atoms with E-state index in [2.05, 4.69) is 14.2 Å². The average Bonchev–Trinajstić information content (AvgIpc) is 2.68. The van der Waals surface area contributed by atoms with E-state index in [1.54, 1.807) is 12.1 Å². The van der Waals surface area contributed by atoms with Crippen molar-refractivity contribution in [2.75, 3.05) is 12.1 Å². The molecule has 0 bridgehead atoms. The standard InChI is InChI=1S/C15H18N3O5PS/c1-15(2)11(14(20)23-7-24)18-12(19)10(13(18)25(15,21)22)5-9-4-3-8(16)6-17-9/h3-6,11,13H,7,16,24H2,1-2H3/b10-5-/t11-,13?/m0/s1. The number of ether oxygens (including phenoxy) is 1. The van der Waals surface area contributed by atoms with Crippen LogP contribution in [0.2, 0.25) is 0 Å². The van der Waals surface area contributed by atoms with Crippen LogP contribution in [0, 0.1) is 0 Å². The molecule has 0 saturated carbocycles. The number of β-lactam (4-membered cyclic amide) rings is 1. The number of rotatable bonds is 3. The van der Waals surface area contributed by atoms with Gasteiger partial charge in [0.2, 0.25) is 0 Å². The zero-order valence-electron chi connectivity index (χ0n) is 13.7. The van der Waals surface area contributed by atoms with E-state index in [0.717, 1.165) is 4.90 Å². The fourth-order valence-electron chi connectivity index (χ4n) is 3.15. The molecule has 0 aromatic carbocycles. The van der Waals surface area contributed by atoms with E-state index in [1.807, 2.05) is 0 Å². The second kappa shape index (κ2) is 5.78. The number of nitrogens with zero attached hydrogens (tertiary/aromatic N) is 2. The number of hydrogen-bond acceptors (Lipinski definition) is 7. The molecule has 2 saturated heterocycles. The van der Waals surface area contributed by atoms with E-state index < -0.39 is 37.9 Å². The van der Waals surface area contributed by atoms with Gasteiger partial charge in [-0.3, -0.25) is 9.78 Å². The maximum absolute atomic E-state index is 12.9. The Morgan fingerprint density at radius 1 is 1.48 bits per heavy atom. The Kier molecular flexibility index (Phi) is 4.12. The minimum atomic E-state index is -3.81. The minimum Gasteiger partial charge on any atom is -0.460 e. The summed E-state index contributed by atoms with van der Waals surface area (Å²) in [5, 5.41) is -1.17. The molecule has 8 nitrogen and oxygen atoms in total. The SMILES string of the molecule is CC1(C)[C@H](C(=O)OCP)N2C(=O)/C(=C/c3ccc(N)cn3)C2S1(=O)=O. The third kappa shape index (κ3) is 2.45. The highest BCUT2D eigenvalue weighted by Crippen LogP contribution is 2.49. The summed E-state index contributed by atoms with van der Waals surface area (Å²) >= 11 is 0. The summed E-state index contributed by atoms with van der Waals surface area (Å²) in [6, 6.07) is 2.02. The van der Waals surface area contributed by atoms with Crippen molar-refractivity contribution in [3.8, 4) is 0 Å². The first-order chi connectivity index (χ1) is 11.6. The van der Waals surface area contributed by atoms with Crippen LogP contribution >= 0.6 is 9.24 Å². The lowest BCUT2D eigenvalue weighted by molar-refractivity contribution is -0.155. The second-order valence-electron chi connectivity index (χ2n) is 6.36. The Hall–Kier alpha value is -1.99. The Bertz CT molecular complexity index is 879. The van der Waals surface area contributed by atoms with Crippen LogP contribution in [0.1, 0.15) is 19.5 Å². The van der Waals surface area contributed by atoms with Gasteiger partial charge in [0.1, 0.15) is 11.1 Å². The van der Waals surface area contributed by atoms with Gasteiger partial charge in [0.25, 0.3) is 5.91 Å². The van der Waals surface area contributed by atoms with Gasteiger partial charge in [-0.05, 0) is 32.1 Å². The summed E-state index contributed by atoms with van der Waals surface area (Å²) in [4.78, 5) is 29.9. The molecule has 3 heterocycles. The number of anilines is 1. The largest absolute Gasteiger partial charge is 0.460 e. The van der Waals surface area contributed by atoms with Gasteiger partial charge < -0.3 is 15.4 Å². The van der Waals surface area contributed by atoms with Crippen LogP contribution in [-0.4, -0.2) is 52.7 Å². The highest BCUT2D eigenvalue weighted by atomic mass is 32.2. The highest BCUT2D eigenvalue weighted by Gasteiger charge is 2.70. The van der Waals surface area contributed by atoms with Crippen molar-refractivity contribution < 1.29 is 22.7 Å². The maximum Gasteiger partial charge on any atom is 0.330 e. The predicted molar refractivity (Wildman–Crippen MR) is 94.7 cm³/mol. The van der Waals surface area contributed by atoms with Crippen molar-refractivity contribution >= 4 is 42.7 Å². The zero-order valence-corrected chi connectivity index (χ0v) is 15.6. The molecule has 1 amide bonds. The predicted octanol–water partition coefficient (Wildman–Crippen LogP) is 0.167. The van der Waals surface area contributed by atoms with Gasteiger partial charge in [-0.25, -0.2) is 13.2 Å². The van der Waals surface area contributed by atoms with Crippen molar-refractivity contribution in [1.29, 1.82) is 0 Å². The molecule has 2 unspecified atom stereocenters. The third-order valence-electron chi connectivity index (χ3n) is 4.53. The molecule has 2 N–H and O–H groups in total. The number of pyridine rings is 1. The van der Waals surface area contributed by atoms with E-state index in [-0.39, 0.29) is 11.9 Å². The molecule has 134 valence electrons. The lowest BCUT2D eigenvalue weighted by atomic mass is 9.95. The fourth-order valence-corrected chi connectivity index (χ4v) is 5.43. The summed E-state index contributed by atoms with van der Waals surface area (Å²) in [7, 11) is -1.59. The highest BCUT2D eigenvalue weighted by molar-refractivity contribution is 7.94. The molecule has 0 radical (unpaired) electrons. The molecule has 0 aliphatic carbocycles. The van der Waals surface area contributed by atoms with Crippen LogP contribution in [0.5, 0.6) is 0 Å². The van der Waals surface area contributed by atoms with Gasteiger partial charge in [0.15, 0.2) is 21.3 Å². The van der Waals surface area contributed by atoms with Crippen molar-refractivity contribution in [3.63, 3.8) is 0 Å². The molecule has 2 aliphatic rings. The minimum absolute atomic E-state index is 0.0240. The maximum atomic E-state index is 12.9. The number of aromatic nitrogens is 1. The van der Waals surface area contributed by atoms with Crippen LogP contribution in [0.3, 0.4) is 0 Å². The monoisotopic (exact) mass is 383 g/mol. The number of nitrogens with two attached hydrogens (primary N) is 1. The number of amides is 1. The lowest BCUT2D eigenvalue weighted by Crippen LogP contribution is -2.59. The van der Waals surface area contributed by atoms with E-state index in [9.17, 15) is 18.0 Å². The first kappa shape index (κ1) is 17.8. The molecule has 1 aromatic heterocycles. The zero-order chi connectivity index (χ0) is 18.6. The van der Waals surface area contributed by atoms with Gasteiger partial charge in [-0.15, -0.1) is 0 Å². The van der Waals surface area contributed by atoms with E-state index in [0.29, 0.717) is 11.4 Å². The summed E-state index contributed by atoms with van der Waals surface area (Å²) in [5.74, 6) is -1.24. The van der Waals surface area contributed by atoms with Crippen molar-refractivity contribution in [2.45, 2.75) is 30.0 Å². The number of sulfone groups is 1. The van der Waals surface area contributed by atoms with Gasteiger partial charge in [-0.2, -0.15) is 0 Å². The summed E-state index contributed by atoms with van der Waals surface area (Å²) in [5.41, 5.74) is 6.53. The molecule has 25 heavy (non-hydrogen) atoms. The Labute approximate surface area is 147 Å². The summed E-state index contributed by atoms with van der Waals surface area (Å²) in [6.07, 6.45) is 2.86. The average molecular weight is 383 g/mol. The third-order valence-corrected chi connectivity index (χ3v) is 7.45. The second-order valence-corrected chi connectivity index (χ2v) is 9.28. The normalized spacial score (nSPS) is 27.7. The van der Waals surface area contributed by atoms with Crippen LogP contribution in [0.4, 0.5) is 5.69 Å².